The molecule has 2 rings (SSSR count). The lowest BCUT2D eigenvalue weighted by Crippen LogP contribution is -2.42. The van der Waals surface area contributed by atoms with Crippen molar-refractivity contribution in [2.75, 3.05) is 0 Å². The normalized spacial score (nSPS) is 28.4. The van der Waals surface area contributed by atoms with Crippen LogP contribution in [0.2, 0.25) is 0 Å². The summed E-state index contributed by atoms with van der Waals surface area (Å²) in [6.45, 7) is 6.99. The standard InChI is InChI=1S/C17H26FN/c1-4-16(2,3)13-9-11-17(19,12-10-13)14-5-7-15(18)8-6-14/h5-8,13H,4,9-12,19H2,1-3H3. The number of hydrogen-bond donors (Lipinski definition) is 1. The van der Waals surface area contributed by atoms with Crippen LogP contribution in [0.5, 0.6) is 0 Å². The monoisotopic (exact) mass is 263 g/mol. The first-order valence-electron chi connectivity index (χ1n) is 7.42. The molecule has 19 heavy (non-hydrogen) atoms. The molecule has 1 aliphatic carbocycles. The molecule has 0 spiro atoms. The van der Waals surface area contributed by atoms with Gasteiger partial charge in [0.25, 0.3) is 0 Å². The highest BCUT2D eigenvalue weighted by Crippen LogP contribution is 2.45. The van der Waals surface area contributed by atoms with Gasteiger partial charge in [0, 0.05) is 5.54 Å². The van der Waals surface area contributed by atoms with Gasteiger partial charge in [-0.2, -0.15) is 0 Å². The van der Waals surface area contributed by atoms with Gasteiger partial charge < -0.3 is 5.73 Å². The summed E-state index contributed by atoms with van der Waals surface area (Å²) in [5.74, 6) is 0.572. The van der Waals surface area contributed by atoms with Gasteiger partial charge in [-0.05, 0) is 54.7 Å². The van der Waals surface area contributed by atoms with Gasteiger partial charge in [-0.3, -0.25) is 0 Å². The Bertz CT molecular complexity index is 413. The quantitative estimate of drug-likeness (QED) is 0.847. The minimum Gasteiger partial charge on any atom is -0.321 e. The van der Waals surface area contributed by atoms with Crippen LogP contribution in [0.1, 0.15) is 58.4 Å². The van der Waals surface area contributed by atoms with Crippen LogP contribution in [-0.2, 0) is 5.54 Å². The molecule has 106 valence electrons. The van der Waals surface area contributed by atoms with Gasteiger partial charge in [0.15, 0.2) is 0 Å². The van der Waals surface area contributed by atoms with Gasteiger partial charge in [0.05, 0.1) is 0 Å². The minimum absolute atomic E-state index is 0.187. The van der Waals surface area contributed by atoms with Crippen molar-refractivity contribution in [3.8, 4) is 0 Å². The third kappa shape index (κ3) is 3.00. The van der Waals surface area contributed by atoms with Crippen LogP contribution in [0.3, 0.4) is 0 Å². The van der Waals surface area contributed by atoms with Crippen molar-refractivity contribution in [1.82, 2.24) is 0 Å². The Hall–Kier alpha value is -0.890. The maximum atomic E-state index is 13.0. The Kier molecular flexibility index (Phi) is 4.00. The van der Waals surface area contributed by atoms with E-state index in [1.54, 1.807) is 0 Å². The Morgan fingerprint density at radius 2 is 1.74 bits per heavy atom. The van der Waals surface area contributed by atoms with E-state index in [-0.39, 0.29) is 11.4 Å². The lowest BCUT2D eigenvalue weighted by molar-refractivity contribution is 0.115. The van der Waals surface area contributed by atoms with Crippen LogP contribution >= 0.6 is 0 Å². The predicted molar refractivity (Wildman–Crippen MR) is 78.3 cm³/mol. The van der Waals surface area contributed by atoms with E-state index in [1.165, 1.54) is 31.4 Å². The lowest BCUT2D eigenvalue weighted by atomic mass is 9.64. The molecule has 0 aliphatic heterocycles. The first-order chi connectivity index (χ1) is 8.87. The van der Waals surface area contributed by atoms with E-state index < -0.39 is 0 Å². The zero-order chi connectivity index (χ0) is 14.1. The molecule has 1 aromatic carbocycles. The van der Waals surface area contributed by atoms with Crippen LogP contribution < -0.4 is 5.73 Å². The topological polar surface area (TPSA) is 26.0 Å². The molecule has 1 fully saturated rings. The minimum atomic E-state index is -0.256. The van der Waals surface area contributed by atoms with E-state index >= 15 is 0 Å². The third-order valence-corrected chi connectivity index (χ3v) is 5.31. The van der Waals surface area contributed by atoms with Crippen molar-refractivity contribution in [3.63, 3.8) is 0 Å². The third-order valence-electron chi connectivity index (χ3n) is 5.31. The van der Waals surface area contributed by atoms with Gasteiger partial charge >= 0.3 is 0 Å². The Labute approximate surface area is 116 Å². The summed E-state index contributed by atoms with van der Waals surface area (Å²) in [5.41, 5.74) is 7.79. The fourth-order valence-corrected chi connectivity index (χ4v) is 3.27. The molecule has 0 saturated heterocycles. The molecule has 0 amide bonds. The molecule has 2 N–H and O–H groups in total. The number of halogens is 1. The Balaban J connectivity index is 2.08. The molecule has 0 atom stereocenters. The maximum Gasteiger partial charge on any atom is 0.123 e. The van der Waals surface area contributed by atoms with Crippen molar-refractivity contribution in [2.24, 2.45) is 17.1 Å². The maximum absolute atomic E-state index is 13.0. The summed E-state index contributed by atoms with van der Waals surface area (Å²) >= 11 is 0. The van der Waals surface area contributed by atoms with Crippen molar-refractivity contribution in [2.45, 2.75) is 58.4 Å². The predicted octanol–water partition coefficient (Wildman–Crippen LogP) is 4.61. The van der Waals surface area contributed by atoms with Crippen molar-refractivity contribution < 1.29 is 4.39 Å². The SMILES string of the molecule is CCC(C)(C)C1CCC(N)(c2ccc(F)cc2)CC1. The van der Waals surface area contributed by atoms with Crippen molar-refractivity contribution in [1.29, 1.82) is 0 Å². The van der Waals surface area contributed by atoms with Crippen LogP contribution in [0.25, 0.3) is 0 Å². The molecule has 1 aromatic rings. The first-order valence-corrected chi connectivity index (χ1v) is 7.42. The molecule has 0 aromatic heterocycles. The van der Waals surface area contributed by atoms with E-state index in [1.807, 2.05) is 12.1 Å². The highest BCUT2D eigenvalue weighted by molar-refractivity contribution is 5.25. The molecule has 0 radical (unpaired) electrons. The molecule has 1 nitrogen and oxygen atoms in total. The van der Waals surface area contributed by atoms with Gasteiger partial charge in [-0.25, -0.2) is 4.39 Å². The summed E-state index contributed by atoms with van der Waals surface area (Å²) < 4.78 is 13.0. The molecular weight excluding hydrogens is 237 g/mol. The summed E-state index contributed by atoms with van der Waals surface area (Å²) in [7, 11) is 0. The van der Waals surface area contributed by atoms with Gasteiger partial charge in [0.2, 0.25) is 0 Å². The molecule has 0 bridgehead atoms. The smallest absolute Gasteiger partial charge is 0.123 e. The van der Waals surface area contributed by atoms with Gasteiger partial charge in [0.1, 0.15) is 5.82 Å². The Morgan fingerprint density at radius 3 is 2.21 bits per heavy atom. The first kappa shape index (κ1) is 14.5. The van der Waals surface area contributed by atoms with Gasteiger partial charge in [-0.15, -0.1) is 0 Å². The molecule has 2 heteroatoms. The summed E-state index contributed by atoms with van der Waals surface area (Å²) in [6.07, 6.45) is 5.58. The van der Waals surface area contributed by atoms with E-state index in [0.29, 0.717) is 5.41 Å². The second-order valence-electron chi connectivity index (χ2n) is 6.78. The number of benzene rings is 1. The zero-order valence-corrected chi connectivity index (χ0v) is 12.4. The molecule has 1 saturated carbocycles. The fourth-order valence-electron chi connectivity index (χ4n) is 3.27. The number of hydrogen-bond acceptors (Lipinski definition) is 1. The molecule has 0 heterocycles. The molecular formula is C17H26FN. The van der Waals surface area contributed by atoms with E-state index in [0.717, 1.165) is 24.3 Å². The number of rotatable bonds is 3. The summed E-state index contributed by atoms with van der Waals surface area (Å²) in [5, 5.41) is 0. The van der Waals surface area contributed by atoms with Crippen LogP contribution in [0.15, 0.2) is 24.3 Å². The lowest BCUT2D eigenvalue weighted by Gasteiger charge is -2.43. The van der Waals surface area contributed by atoms with E-state index in [4.69, 9.17) is 5.73 Å². The van der Waals surface area contributed by atoms with Crippen LogP contribution in [0.4, 0.5) is 4.39 Å². The second-order valence-corrected chi connectivity index (χ2v) is 6.78. The average molecular weight is 263 g/mol. The van der Waals surface area contributed by atoms with E-state index in [2.05, 4.69) is 20.8 Å². The van der Waals surface area contributed by atoms with Crippen LogP contribution in [-0.4, -0.2) is 0 Å². The van der Waals surface area contributed by atoms with Crippen molar-refractivity contribution in [3.05, 3.63) is 35.6 Å². The number of nitrogens with two attached hydrogens (primary N) is 1. The average Bonchev–Trinajstić information content (AvgIpc) is 2.40. The highest BCUT2D eigenvalue weighted by atomic mass is 19.1. The van der Waals surface area contributed by atoms with E-state index in [9.17, 15) is 4.39 Å². The van der Waals surface area contributed by atoms with Crippen LogP contribution in [0, 0.1) is 17.2 Å². The Morgan fingerprint density at radius 1 is 1.21 bits per heavy atom. The molecule has 0 unspecified atom stereocenters. The largest absolute Gasteiger partial charge is 0.321 e. The summed E-state index contributed by atoms with van der Waals surface area (Å²) in [4.78, 5) is 0. The fraction of sp³-hybridized carbons (Fsp3) is 0.647. The highest BCUT2D eigenvalue weighted by Gasteiger charge is 2.38. The summed E-state index contributed by atoms with van der Waals surface area (Å²) in [6, 6.07) is 6.74. The van der Waals surface area contributed by atoms with Gasteiger partial charge in [-0.1, -0.05) is 39.3 Å². The van der Waals surface area contributed by atoms with Crippen molar-refractivity contribution >= 4 is 0 Å². The zero-order valence-electron chi connectivity index (χ0n) is 12.4. The second kappa shape index (κ2) is 5.24. The molecule has 1 aliphatic rings.